The highest BCUT2D eigenvalue weighted by Crippen LogP contribution is 2.43. The van der Waals surface area contributed by atoms with E-state index in [9.17, 15) is 0 Å². The summed E-state index contributed by atoms with van der Waals surface area (Å²) >= 11 is 0. The number of para-hydroxylation sites is 1. The van der Waals surface area contributed by atoms with Crippen molar-refractivity contribution in [2.45, 2.75) is 25.4 Å². The Kier molecular flexibility index (Phi) is 2.21. The molecular weight excluding hydrogens is 198 g/mol. The van der Waals surface area contributed by atoms with Gasteiger partial charge in [0.2, 0.25) is 0 Å². The number of likely N-dealkylation sites (tertiary alicyclic amines) is 1. The van der Waals surface area contributed by atoms with Gasteiger partial charge in [-0.15, -0.1) is 0 Å². The maximum atomic E-state index is 6.27. The highest BCUT2D eigenvalue weighted by molar-refractivity contribution is 5.39. The second kappa shape index (κ2) is 3.49. The molecule has 16 heavy (non-hydrogen) atoms. The molecule has 0 aromatic heterocycles. The van der Waals surface area contributed by atoms with E-state index in [0.29, 0.717) is 5.92 Å². The van der Waals surface area contributed by atoms with Gasteiger partial charge >= 0.3 is 0 Å². The molecule has 3 rings (SSSR count). The molecule has 0 bridgehead atoms. The molecule has 0 radical (unpaired) electrons. The van der Waals surface area contributed by atoms with Crippen molar-refractivity contribution in [3.8, 4) is 5.75 Å². The van der Waals surface area contributed by atoms with Crippen molar-refractivity contribution in [1.29, 1.82) is 0 Å². The fourth-order valence-electron chi connectivity index (χ4n) is 3.09. The lowest BCUT2D eigenvalue weighted by atomic mass is 9.79. The standard InChI is InChI=1S/C14H19NO/c1-11-10-15(2)8-7-14(11)9-12-5-3-4-6-13(12)16-14/h3-6,11H,7-10H2,1-2H3/t11-,14-/m0/s1. The molecule has 1 spiro atoms. The fourth-order valence-corrected chi connectivity index (χ4v) is 3.09. The highest BCUT2D eigenvalue weighted by atomic mass is 16.5. The van der Waals surface area contributed by atoms with Crippen molar-refractivity contribution in [3.05, 3.63) is 29.8 Å². The summed E-state index contributed by atoms with van der Waals surface area (Å²) in [7, 11) is 2.20. The predicted molar refractivity (Wildman–Crippen MR) is 64.8 cm³/mol. The molecule has 1 aromatic carbocycles. The fraction of sp³-hybridized carbons (Fsp3) is 0.571. The summed E-state index contributed by atoms with van der Waals surface area (Å²) in [6, 6.07) is 8.49. The van der Waals surface area contributed by atoms with E-state index in [1.807, 2.05) is 0 Å². The topological polar surface area (TPSA) is 12.5 Å². The largest absolute Gasteiger partial charge is 0.486 e. The van der Waals surface area contributed by atoms with Crippen molar-refractivity contribution in [2.24, 2.45) is 5.92 Å². The Balaban J connectivity index is 1.88. The van der Waals surface area contributed by atoms with Crippen LogP contribution in [-0.4, -0.2) is 30.6 Å². The molecule has 2 aliphatic rings. The summed E-state index contributed by atoms with van der Waals surface area (Å²) in [5.74, 6) is 1.72. The monoisotopic (exact) mass is 217 g/mol. The number of benzene rings is 1. The van der Waals surface area contributed by atoms with Gasteiger partial charge in [0.05, 0.1) is 0 Å². The third-order valence-corrected chi connectivity index (χ3v) is 4.18. The van der Waals surface area contributed by atoms with E-state index in [1.165, 1.54) is 5.56 Å². The van der Waals surface area contributed by atoms with E-state index in [4.69, 9.17) is 4.74 Å². The minimum absolute atomic E-state index is 0.0796. The van der Waals surface area contributed by atoms with Crippen molar-refractivity contribution >= 4 is 0 Å². The SMILES string of the molecule is C[C@H]1CN(C)CC[C@]12Cc1ccccc1O2. The van der Waals surface area contributed by atoms with Crippen molar-refractivity contribution in [1.82, 2.24) is 4.90 Å². The second-order valence-corrected chi connectivity index (χ2v) is 5.36. The molecular formula is C14H19NO. The highest BCUT2D eigenvalue weighted by Gasteiger charge is 2.46. The molecule has 0 N–H and O–H groups in total. The molecule has 1 saturated heterocycles. The molecule has 0 amide bonds. The van der Waals surface area contributed by atoms with Gasteiger partial charge in [0, 0.05) is 31.8 Å². The first kappa shape index (κ1) is 10.2. The number of hydrogen-bond acceptors (Lipinski definition) is 2. The third kappa shape index (κ3) is 1.44. The Labute approximate surface area is 97.2 Å². The molecule has 1 fully saturated rings. The zero-order valence-corrected chi connectivity index (χ0v) is 10.1. The van der Waals surface area contributed by atoms with Crippen LogP contribution in [0.1, 0.15) is 18.9 Å². The van der Waals surface area contributed by atoms with Gasteiger partial charge in [0.15, 0.2) is 0 Å². The van der Waals surface area contributed by atoms with Crippen LogP contribution in [0.3, 0.4) is 0 Å². The van der Waals surface area contributed by atoms with Crippen LogP contribution >= 0.6 is 0 Å². The molecule has 0 unspecified atom stereocenters. The normalized spacial score (nSPS) is 33.8. The smallest absolute Gasteiger partial charge is 0.123 e. The van der Waals surface area contributed by atoms with Crippen LogP contribution in [0, 0.1) is 5.92 Å². The van der Waals surface area contributed by atoms with Crippen molar-refractivity contribution < 1.29 is 4.74 Å². The first-order chi connectivity index (χ1) is 7.70. The summed E-state index contributed by atoms with van der Waals surface area (Å²) in [6.07, 6.45) is 2.25. The summed E-state index contributed by atoms with van der Waals surface area (Å²) in [5, 5.41) is 0. The first-order valence-electron chi connectivity index (χ1n) is 6.15. The van der Waals surface area contributed by atoms with Crippen LogP contribution < -0.4 is 4.74 Å². The van der Waals surface area contributed by atoms with Crippen molar-refractivity contribution in [2.75, 3.05) is 20.1 Å². The van der Waals surface area contributed by atoms with E-state index in [1.54, 1.807) is 0 Å². The van der Waals surface area contributed by atoms with Crippen LogP contribution in [0.4, 0.5) is 0 Å². The van der Waals surface area contributed by atoms with Gasteiger partial charge in [-0.05, 0) is 18.7 Å². The first-order valence-corrected chi connectivity index (χ1v) is 6.15. The van der Waals surface area contributed by atoms with E-state index < -0.39 is 0 Å². The number of nitrogens with zero attached hydrogens (tertiary/aromatic N) is 1. The summed E-state index contributed by atoms with van der Waals surface area (Å²) < 4.78 is 6.27. The Morgan fingerprint density at radius 1 is 1.38 bits per heavy atom. The van der Waals surface area contributed by atoms with Crippen LogP contribution in [0.5, 0.6) is 5.75 Å². The molecule has 0 saturated carbocycles. The van der Waals surface area contributed by atoms with E-state index >= 15 is 0 Å². The second-order valence-electron chi connectivity index (χ2n) is 5.36. The molecule has 86 valence electrons. The van der Waals surface area contributed by atoms with Gasteiger partial charge in [-0.1, -0.05) is 25.1 Å². The Morgan fingerprint density at radius 3 is 2.94 bits per heavy atom. The minimum atomic E-state index is 0.0796. The van der Waals surface area contributed by atoms with Crippen LogP contribution in [0.15, 0.2) is 24.3 Å². The average Bonchev–Trinajstić information content (AvgIpc) is 2.64. The molecule has 2 atom stereocenters. The minimum Gasteiger partial charge on any atom is -0.486 e. The Bertz CT molecular complexity index is 376. The maximum Gasteiger partial charge on any atom is 0.123 e. The number of ether oxygens (including phenoxy) is 1. The average molecular weight is 217 g/mol. The summed E-state index contributed by atoms with van der Waals surface area (Å²) in [6.45, 7) is 4.62. The quantitative estimate of drug-likeness (QED) is 0.661. The van der Waals surface area contributed by atoms with Gasteiger partial charge in [0.25, 0.3) is 0 Å². The molecule has 1 aromatic rings. The van der Waals surface area contributed by atoms with Gasteiger partial charge in [-0.2, -0.15) is 0 Å². The van der Waals surface area contributed by atoms with Gasteiger partial charge < -0.3 is 9.64 Å². The number of rotatable bonds is 0. The van der Waals surface area contributed by atoms with Crippen LogP contribution in [0.2, 0.25) is 0 Å². The number of fused-ring (bicyclic) bond motifs is 1. The maximum absolute atomic E-state index is 6.27. The third-order valence-electron chi connectivity index (χ3n) is 4.18. The Morgan fingerprint density at radius 2 is 2.19 bits per heavy atom. The van der Waals surface area contributed by atoms with Crippen LogP contribution in [0.25, 0.3) is 0 Å². The number of hydrogen-bond donors (Lipinski definition) is 0. The lowest BCUT2D eigenvalue weighted by Gasteiger charge is -2.42. The lowest BCUT2D eigenvalue weighted by Crippen LogP contribution is -2.52. The summed E-state index contributed by atoms with van der Waals surface area (Å²) in [5.41, 5.74) is 1.47. The zero-order valence-electron chi connectivity index (χ0n) is 10.1. The molecule has 2 heterocycles. The predicted octanol–water partition coefficient (Wildman–Crippen LogP) is 2.33. The molecule has 2 nitrogen and oxygen atoms in total. The molecule has 2 aliphatic heterocycles. The Hall–Kier alpha value is -1.02. The molecule has 2 heteroatoms. The number of piperidine rings is 1. The summed E-state index contributed by atoms with van der Waals surface area (Å²) in [4.78, 5) is 2.41. The molecule has 0 aliphatic carbocycles. The van der Waals surface area contributed by atoms with E-state index in [2.05, 4.69) is 43.1 Å². The van der Waals surface area contributed by atoms with Crippen molar-refractivity contribution in [3.63, 3.8) is 0 Å². The van der Waals surface area contributed by atoms with E-state index in [0.717, 1.165) is 31.7 Å². The van der Waals surface area contributed by atoms with Gasteiger partial charge in [-0.3, -0.25) is 0 Å². The van der Waals surface area contributed by atoms with Gasteiger partial charge in [-0.25, -0.2) is 0 Å². The van der Waals surface area contributed by atoms with E-state index in [-0.39, 0.29) is 5.60 Å². The lowest BCUT2D eigenvalue weighted by molar-refractivity contribution is -0.0212. The van der Waals surface area contributed by atoms with Gasteiger partial charge in [0.1, 0.15) is 11.4 Å². The zero-order chi connectivity index (χ0) is 11.2. The van der Waals surface area contributed by atoms with Crippen LogP contribution in [-0.2, 0) is 6.42 Å².